The monoisotopic (exact) mass is 285 g/mol. The van der Waals surface area contributed by atoms with Crippen LogP contribution in [0.4, 0.5) is 0 Å². The van der Waals surface area contributed by atoms with Crippen molar-refractivity contribution < 1.29 is 19.1 Å². The average Bonchev–Trinajstić information content (AvgIpc) is 3.24. The highest BCUT2D eigenvalue weighted by atomic mass is 16.5. The van der Waals surface area contributed by atoms with Crippen LogP contribution in [0.25, 0.3) is 0 Å². The highest BCUT2D eigenvalue weighted by Crippen LogP contribution is 2.31. The van der Waals surface area contributed by atoms with E-state index in [1.807, 2.05) is 13.8 Å². The molecule has 0 aromatic carbocycles. The first-order valence-electron chi connectivity index (χ1n) is 7.44. The minimum absolute atomic E-state index is 0.172. The Bertz CT molecular complexity index is 326. The molecule has 0 saturated heterocycles. The summed E-state index contributed by atoms with van der Waals surface area (Å²) < 4.78 is 10.2. The standard InChI is InChI=1S/C15H27NO4/c1-11(2)20-9-5-8-16(14(17)13-6-7-13)10-12(3)15(18)19-4/h11-13H,5-10H2,1-4H3. The van der Waals surface area contributed by atoms with Crippen LogP contribution in [0.15, 0.2) is 0 Å². The normalized spacial score (nSPS) is 16.1. The van der Waals surface area contributed by atoms with Gasteiger partial charge in [-0.05, 0) is 33.1 Å². The molecular weight excluding hydrogens is 258 g/mol. The van der Waals surface area contributed by atoms with E-state index in [1.165, 1.54) is 7.11 Å². The largest absolute Gasteiger partial charge is 0.469 e. The van der Waals surface area contributed by atoms with E-state index in [9.17, 15) is 9.59 Å². The maximum Gasteiger partial charge on any atom is 0.310 e. The van der Waals surface area contributed by atoms with Gasteiger partial charge in [-0.3, -0.25) is 9.59 Å². The lowest BCUT2D eigenvalue weighted by Gasteiger charge is -2.25. The van der Waals surface area contributed by atoms with Gasteiger partial charge in [-0.1, -0.05) is 6.92 Å². The SMILES string of the molecule is COC(=O)C(C)CN(CCCOC(C)C)C(=O)C1CC1. The van der Waals surface area contributed by atoms with E-state index in [-0.39, 0.29) is 29.8 Å². The molecule has 1 amide bonds. The van der Waals surface area contributed by atoms with Crippen molar-refractivity contribution in [3.8, 4) is 0 Å². The van der Waals surface area contributed by atoms with Crippen LogP contribution in [0.5, 0.6) is 0 Å². The van der Waals surface area contributed by atoms with Crippen molar-refractivity contribution in [2.24, 2.45) is 11.8 Å². The molecule has 20 heavy (non-hydrogen) atoms. The van der Waals surface area contributed by atoms with Crippen molar-refractivity contribution in [1.29, 1.82) is 0 Å². The van der Waals surface area contributed by atoms with Crippen LogP contribution in [0, 0.1) is 11.8 Å². The Morgan fingerprint density at radius 2 is 1.90 bits per heavy atom. The Labute approximate surface area is 121 Å². The number of ether oxygens (including phenoxy) is 2. The van der Waals surface area contributed by atoms with Gasteiger partial charge >= 0.3 is 5.97 Å². The summed E-state index contributed by atoms with van der Waals surface area (Å²) in [6.07, 6.45) is 2.95. The highest BCUT2D eigenvalue weighted by molar-refractivity contribution is 5.82. The van der Waals surface area contributed by atoms with Crippen molar-refractivity contribution in [3.63, 3.8) is 0 Å². The smallest absolute Gasteiger partial charge is 0.310 e. The summed E-state index contributed by atoms with van der Waals surface area (Å²) in [7, 11) is 1.38. The lowest BCUT2D eigenvalue weighted by Crippen LogP contribution is -2.39. The number of esters is 1. The van der Waals surface area contributed by atoms with Crippen LogP contribution < -0.4 is 0 Å². The molecule has 0 aromatic heterocycles. The summed E-state index contributed by atoms with van der Waals surface area (Å²) in [6.45, 7) is 7.49. The maximum absolute atomic E-state index is 12.2. The summed E-state index contributed by atoms with van der Waals surface area (Å²) in [5.41, 5.74) is 0. The fourth-order valence-electron chi connectivity index (χ4n) is 2.06. The first-order chi connectivity index (χ1) is 9.45. The van der Waals surface area contributed by atoms with Crippen LogP contribution in [0.1, 0.15) is 40.0 Å². The number of rotatable bonds is 9. The van der Waals surface area contributed by atoms with Crippen molar-refractivity contribution in [2.75, 3.05) is 26.8 Å². The Kier molecular flexibility index (Phi) is 6.99. The van der Waals surface area contributed by atoms with Gasteiger partial charge in [-0.2, -0.15) is 0 Å². The zero-order valence-corrected chi connectivity index (χ0v) is 13.1. The van der Waals surface area contributed by atoms with E-state index < -0.39 is 0 Å². The number of methoxy groups -OCH3 is 1. The van der Waals surface area contributed by atoms with E-state index in [0.717, 1.165) is 19.3 Å². The molecule has 0 bridgehead atoms. The Morgan fingerprint density at radius 1 is 1.25 bits per heavy atom. The molecule has 0 spiro atoms. The molecule has 1 aliphatic carbocycles. The van der Waals surface area contributed by atoms with Crippen LogP contribution >= 0.6 is 0 Å². The molecule has 1 rings (SSSR count). The maximum atomic E-state index is 12.2. The van der Waals surface area contributed by atoms with Gasteiger partial charge in [-0.15, -0.1) is 0 Å². The lowest BCUT2D eigenvalue weighted by atomic mass is 10.1. The molecule has 1 aliphatic rings. The number of hydrogen-bond acceptors (Lipinski definition) is 4. The molecule has 0 heterocycles. The number of carbonyl (C=O) groups excluding carboxylic acids is 2. The topological polar surface area (TPSA) is 55.8 Å². The van der Waals surface area contributed by atoms with Gasteiger partial charge in [0.2, 0.25) is 5.91 Å². The number of hydrogen-bond donors (Lipinski definition) is 0. The minimum Gasteiger partial charge on any atom is -0.469 e. The van der Waals surface area contributed by atoms with Crippen molar-refractivity contribution in [2.45, 2.75) is 46.1 Å². The molecule has 116 valence electrons. The molecule has 1 fully saturated rings. The average molecular weight is 285 g/mol. The third-order valence-corrected chi connectivity index (χ3v) is 3.36. The predicted molar refractivity (Wildman–Crippen MR) is 76.2 cm³/mol. The first-order valence-corrected chi connectivity index (χ1v) is 7.44. The summed E-state index contributed by atoms with van der Waals surface area (Å²) in [4.78, 5) is 25.5. The molecule has 0 aromatic rings. The van der Waals surface area contributed by atoms with Gasteiger partial charge in [0, 0.05) is 25.6 Å². The molecule has 1 saturated carbocycles. The second-order valence-corrected chi connectivity index (χ2v) is 5.76. The second-order valence-electron chi connectivity index (χ2n) is 5.76. The molecule has 0 N–H and O–H groups in total. The first kappa shape index (κ1) is 17.0. The zero-order valence-electron chi connectivity index (χ0n) is 13.1. The quantitative estimate of drug-likeness (QED) is 0.479. The summed E-state index contributed by atoms with van der Waals surface area (Å²) in [6, 6.07) is 0. The third kappa shape index (κ3) is 5.90. The van der Waals surface area contributed by atoms with Crippen LogP contribution in [-0.4, -0.2) is 49.7 Å². The van der Waals surface area contributed by atoms with E-state index in [0.29, 0.717) is 19.7 Å². The molecule has 0 aliphatic heterocycles. The summed E-state index contributed by atoms with van der Waals surface area (Å²) >= 11 is 0. The molecule has 5 nitrogen and oxygen atoms in total. The number of amides is 1. The van der Waals surface area contributed by atoms with Gasteiger partial charge in [-0.25, -0.2) is 0 Å². The number of nitrogens with zero attached hydrogens (tertiary/aromatic N) is 1. The fraction of sp³-hybridized carbons (Fsp3) is 0.867. The molecular formula is C15H27NO4. The van der Waals surface area contributed by atoms with E-state index >= 15 is 0 Å². The molecule has 5 heteroatoms. The van der Waals surface area contributed by atoms with Crippen molar-refractivity contribution in [1.82, 2.24) is 4.90 Å². The van der Waals surface area contributed by atoms with E-state index in [4.69, 9.17) is 9.47 Å². The van der Waals surface area contributed by atoms with Gasteiger partial charge in [0.15, 0.2) is 0 Å². The van der Waals surface area contributed by atoms with E-state index in [2.05, 4.69) is 0 Å². The number of carbonyl (C=O) groups is 2. The second kappa shape index (κ2) is 8.25. The van der Waals surface area contributed by atoms with E-state index in [1.54, 1.807) is 11.8 Å². The summed E-state index contributed by atoms with van der Waals surface area (Å²) in [5.74, 6) is -0.207. The Morgan fingerprint density at radius 3 is 2.40 bits per heavy atom. The van der Waals surface area contributed by atoms with Gasteiger partial charge < -0.3 is 14.4 Å². The lowest BCUT2D eigenvalue weighted by molar-refractivity contribution is -0.146. The van der Waals surface area contributed by atoms with Crippen LogP contribution in [0.3, 0.4) is 0 Å². The highest BCUT2D eigenvalue weighted by Gasteiger charge is 2.34. The summed E-state index contributed by atoms with van der Waals surface area (Å²) in [5, 5.41) is 0. The molecule has 1 atom stereocenters. The minimum atomic E-state index is -0.284. The Hall–Kier alpha value is -1.10. The van der Waals surface area contributed by atoms with Crippen molar-refractivity contribution >= 4 is 11.9 Å². The zero-order chi connectivity index (χ0) is 15.1. The van der Waals surface area contributed by atoms with Gasteiger partial charge in [0.05, 0.1) is 19.1 Å². The Balaban J connectivity index is 2.43. The van der Waals surface area contributed by atoms with Crippen molar-refractivity contribution in [3.05, 3.63) is 0 Å². The molecule has 1 unspecified atom stereocenters. The van der Waals surface area contributed by atoms with Crippen LogP contribution in [-0.2, 0) is 19.1 Å². The third-order valence-electron chi connectivity index (χ3n) is 3.36. The fourth-order valence-corrected chi connectivity index (χ4v) is 2.06. The van der Waals surface area contributed by atoms with Crippen LogP contribution in [0.2, 0.25) is 0 Å². The van der Waals surface area contributed by atoms with Gasteiger partial charge in [0.25, 0.3) is 0 Å². The predicted octanol–water partition coefficient (Wildman–Crippen LogP) is 1.85. The molecule has 0 radical (unpaired) electrons. The van der Waals surface area contributed by atoms with Gasteiger partial charge in [0.1, 0.15) is 0 Å².